The van der Waals surface area contributed by atoms with Crippen molar-refractivity contribution >= 4 is 8.54 Å². The first-order valence-electron chi connectivity index (χ1n) is 7.16. The Morgan fingerprint density at radius 2 is 1.55 bits per heavy atom. The summed E-state index contributed by atoms with van der Waals surface area (Å²) in [6.45, 7) is 2.20. The molecule has 0 aliphatic heterocycles. The number of hydrogen-bond donors (Lipinski definition) is 0. The van der Waals surface area contributed by atoms with Crippen LogP contribution in [0.15, 0.2) is 30.3 Å². The minimum atomic E-state index is -3.53. The second-order valence-electron chi connectivity index (χ2n) is 4.61. The van der Waals surface area contributed by atoms with Crippen molar-refractivity contribution in [2.75, 3.05) is 0 Å². The predicted molar refractivity (Wildman–Crippen MR) is 78.8 cm³/mol. The van der Waals surface area contributed by atoms with Crippen molar-refractivity contribution < 1.29 is 26.4 Å². The van der Waals surface area contributed by atoms with Crippen molar-refractivity contribution in [1.29, 1.82) is 0 Å². The van der Waals surface area contributed by atoms with E-state index in [1.165, 1.54) is 32.1 Å². The summed E-state index contributed by atoms with van der Waals surface area (Å²) in [7, 11) is -3.53. The Bertz CT molecular complexity index is 445. The molecule has 0 unspecified atom stereocenters. The molecule has 119 valence electrons. The van der Waals surface area contributed by atoms with Crippen LogP contribution in [0.3, 0.4) is 0 Å². The van der Waals surface area contributed by atoms with Crippen LogP contribution in [0.1, 0.15) is 51.9 Å². The second-order valence-corrected chi connectivity index (χ2v) is 8.36. The predicted octanol–water partition coefficient (Wildman–Crippen LogP) is 4.56. The molecule has 0 aliphatic rings. The van der Waals surface area contributed by atoms with Crippen LogP contribution < -0.4 is 4.18 Å². The molecule has 0 saturated carbocycles. The monoisotopic (exact) mass is 347 g/mol. The van der Waals surface area contributed by atoms with Crippen LogP contribution >= 0.6 is 0 Å². The van der Waals surface area contributed by atoms with Crippen molar-refractivity contribution in [3.05, 3.63) is 30.3 Å². The Balaban J connectivity index is 2.11. The zero-order chi connectivity index (χ0) is 14.7. The number of benzene rings is 1. The first-order valence-corrected chi connectivity index (χ1v) is 10.2. The molecule has 0 amide bonds. The molecular formula is C15H24CuO3S. The van der Waals surface area contributed by atoms with Gasteiger partial charge in [-0.15, -0.1) is 0 Å². The van der Waals surface area contributed by atoms with Crippen LogP contribution in [0, 0.1) is 0 Å². The molecule has 0 saturated heterocycles. The molecular weight excluding hydrogens is 324 g/mol. The van der Waals surface area contributed by atoms with E-state index in [9.17, 15) is 8.42 Å². The molecule has 1 rings (SSSR count). The first-order chi connectivity index (χ1) is 9.64. The van der Waals surface area contributed by atoms with Gasteiger partial charge in [0.05, 0.1) is 0 Å². The van der Waals surface area contributed by atoms with Gasteiger partial charge in [-0.25, -0.2) is 0 Å². The molecule has 1 aromatic rings. The van der Waals surface area contributed by atoms with Gasteiger partial charge in [-0.05, 0) is 0 Å². The summed E-state index contributed by atoms with van der Waals surface area (Å²) in [6.07, 6.45) is 8.30. The Morgan fingerprint density at radius 1 is 0.950 bits per heavy atom. The Hall–Kier alpha value is -0.511. The summed E-state index contributed by atoms with van der Waals surface area (Å²) in [4.78, 5) is 0. The van der Waals surface area contributed by atoms with Crippen LogP contribution in [0.4, 0.5) is 0 Å². The first kappa shape index (κ1) is 17.5. The molecule has 1 aromatic carbocycles. The van der Waals surface area contributed by atoms with Crippen molar-refractivity contribution in [3.8, 4) is 5.75 Å². The van der Waals surface area contributed by atoms with Gasteiger partial charge in [-0.3, -0.25) is 0 Å². The molecule has 0 aromatic heterocycles. The fraction of sp³-hybridized carbons (Fsp3) is 0.600. The average Bonchev–Trinajstić information content (AvgIpc) is 2.42. The summed E-state index contributed by atoms with van der Waals surface area (Å²) < 4.78 is 28.4. The molecule has 0 N–H and O–H groups in total. The van der Waals surface area contributed by atoms with E-state index in [1.54, 1.807) is 24.3 Å². The molecule has 0 bridgehead atoms. The van der Waals surface area contributed by atoms with Gasteiger partial charge in [-0.1, -0.05) is 0 Å². The van der Waals surface area contributed by atoms with E-state index in [2.05, 4.69) is 6.92 Å². The van der Waals surface area contributed by atoms with Crippen molar-refractivity contribution in [3.63, 3.8) is 0 Å². The summed E-state index contributed by atoms with van der Waals surface area (Å²) in [5.41, 5.74) is 0. The summed E-state index contributed by atoms with van der Waals surface area (Å²) in [5, 5.41) is 0.590. The zero-order valence-electron chi connectivity index (χ0n) is 12.0. The Kier molecular flexibility index (Phi) is 8.99. The van der Waals surface area contributed by atoms with Crippen LogP contribution in [-0.4, -0.2) is 8.42 Å². The van der Waals surface area contributed by atoms with E-state index in [1.807, 2.05) is 6.07 Å². The average molecular weight is 348 g/mol. The van der Waals surface area contributed by atoms with E-state index in [-0.39, 0.29) is 0 Å². The molecule has 0 aliphatic carbocycles. The maximum atomic E-state index is 11.7. The standard InChI is InChI=1S/C9H19.C6H5O3S.Cu/c1-3-5-7-9-8-6-4-2;7-10(8)9-6-4-2-1-3-5-6;/h1,3-9H2,2H3;1-5H;. The van der Waals surface area contributed by atoms with E-state index >= 15 is 0 Å². The van der Waals surface area contributed by atoms with Crippen LogP contribution in [-0.2, 0) is 22.4 Å². The van der Waals surface area contributed by atoms with Gasteiger partial charge in [0.15, 0.2) is 0 Å². The molecule has 0 radical (unpaired) electrons. The van der Waals surface area contributed by atoms with Crippen LogP contribution in [0.5, 0.6) is 5.75 Å². The topological polar surface area (TPSA) is 43.4 Å². The normalized spacial score (nSPS) is 11.7. The van der Waals surface area contributed by atoms with E-state index in [4.69, 9.17) is 4.18 Å². The van der Waals surface area contributed by atoms with Crippen molar-refractivity contribution in [1.82, 2.24) is 0 Å². The zero-order valence-corrected chi connectivity index (χ0v) is 13.7. The molecule has 5 heteroatoms. The molecule has 0 fully saturated rings. The van der Waals surface area contributed by atoms with Gasteiger partial charge in [0, 0.05) is 0 Å². The molecule has 20 heavy (non-hydrogen) atoms. The summed E-state index contributed by atoms with van der Waals surface area (Å²) in [6, 6.07) is 8.62. The van der Waals surface area contributed by atoms with E-state index in [0.29, 0.717) is 11.1 Å². The van der Waals surface area contributed by atoms with Gasteiger partial charge in [0.25, 0.3) is 0 Å². The summed E-state index contributed by atoms with van der Waals surface area (Å²) in [5.74, 6) is 0.372. The molecule has 0 atom stereocenters. The van der Waals surface area contributed by atoms with E-state index < -0.39 is 8.54 Å². The Morgan fingerprint density at radius 3 is 2.20 bits per heavy atom. The maximum absolute atomic E-state index is 11.7. The number of rotatable bonds is 11. The quantitative estimate of drug-likeness (QED) is 0.435. The van der Waals surface area contributed by atoms with Gasteiger partial charge in [0.1, 0.15) is 0 Å². The SMILES string of the molecule is CCCCCCCC[CH2][Cu][S](=O)(=O)Oc1ccccc1. The van der Waals surface area contributed by atoms with Gasteiger partial charge < -0.3 is 0 Å². The fourth-order valence-corrected chi connectivity index (χ4v) is 4.14. The van der Waals surface area contributed by atoms with Crippen LogP contribution in [0.25, 0.3) is 0 Å². The number of para-hydroxylation sites is 1. The number of hydrogen-bond acceptors (Lipinski definition) is 3. The molecule has 0 spiro atoms. The van der Waals surface area contributed by atoms with Gasteiger partial charge in [0.2, 0.25) is 0 Å². The minimum absolute atomic E-state index is 0.372. The summed E-state index contributed by atoms with van der Waals surface area (Å²) >= 11 is 0.990. The Labute approximate surface area is 128 Å². The third kappa shape index (κ3) is 8.62. The fourth-order valence-electron chi connectivity index (χ4n) is 1.75. The van der Waals surface area contributed by atoms with Gasteiger partial charge in [-0.2, -0.15) is 0 Å². The van der Waals surface area contributed by atoms with E-state index in [0.717, 1.165) is 26.7 Å². The van der Waals surface area contributed by atoms with Crippen molar-refractivity contribution in [2.24, 2.45) is 0 Å². The molecule has 3 nitrogen and oxygen atoms in total. The molecule has 0 heterocycles. The van der Waals surface area contributed by atoms with Crippen LogP contribution in [0.2, 0.25) is 5.32 Å². The third-order valence-corrected chi connectivity index (χ3v) is 5.67. The van der Waals surface area contributed by atoms with Crippen molar-refractivity contribution in [2.45, 2.75) is 57.2 Å². The third-order valence-electron chi connectivity index (χ3n) is 2.81. The van der Waals surface area contributed by atoms with Gasteiger partial charge >= 0.3 is 128 Å². The second kappa shape index (κ2) is 10.3. The number of unbranched alkanes of at least 4 members (excludes halogenated alkanes) is 6.